The van der Waals surface area contributed by atoms with Gasteiger partial charge in [0.25, 0.3) is 11.5 Å². The van der Waals surface area contributed by atoms with E-state index in [-0.39, 0.29) is 17.7 Å². The van der Waals surface area contributed by atoms with Crippen molar-refractivity contribution in [3.63, 3.8) is 0 Å². The van der Waals surface area contributed by atoms with E-state index in [1.54, 1.807) is 19.2 Å². The van der Waals surface area contributed by atoms with Crippen molar-refractivity contribution >= 4 is 11.9 Å². The number of rotatable bonds is 4. The maximum atomic E-state index is 12.8. The number of nitrogens with zero attached hydrogens (tertiary/aromatic N) is 2. The second-order valence-corrected chi connectivity index (χ2v) is 7.19. The average molecular weight is 354 g/mol. The molecule has 6 heteroatoms. The van der Waals surface area contributed by atoms with E-state index >= 15 is 0 Å². The Morgan fingerprint density at radius 2 is 2.00 bits per heavy atom. The summed E-state index contributed by atoms with van der Waals surface area (Å²) in [5.41, 5.74) is 0.854. The lowest BCUT2D eigenvalue weighted by atomic mass is 9.90. The molecule has 1 amide bonds. The van der Waals surface area contributed by atoms with Gasteiger partial charge in [-0.3, -0.25) is 14.4 Å². The number of carbonyl (C=O) groups is 2. The van der Waals surface area contributed by atoms with E-state index in [1.807, 2.05) is 31.2 Å². The van der Waals surface area contributed by atoms with E-state index in [2.05, 4.69) is 0 Å². The maximum Gasteiger partial charge on any atom is 0.311 e. The molecule has 1 saturated heterocycles. The third kappa shape index (κ3) is 3.40. The van der Waals surface area contributed by atoms with Crippen molar-refractivity contribution in [2.75, 3.05) is 13.1 Å². The number of aromatic nitrogens is 1. The van der Waals surface area contributed by atoms with Gasteiger partial charge in [0.1, 0.15) is 5.56 Å². The summed E-state index contributed by atoms with van der Waals surface area (Å²) in [5, 5.41) is 9.32. The van der Waals surface area contributed by atoms with Crippen LogP contribution >= 0.6 is 0 Å². The summed E-state index contributed by atoms with van der Waals surface area (Å²) in [5.74, 6) is -1.32. The van der Waals surface area contributed by atoms with Crippen LogP contribution in [0, 0.1) is 12.3 Å². The molecule has 1 fully saturated rings. The fourth-order valence-electron chi connectivity index (χ4n) is 3.31. The molecule has 1 aliphatic rings. The van der Waals surface area contributed by atoms with Crippen LogP contribution in [-0.4, -0.2) is 39.5 Å². The van der Waals surface area contributed by atoms with Crippen LogP contribution in [0.2, 0.25) is 0 Å². The van der Waals surface area contributed by atoms with Crippen molar-refractivity contribution in [3.05, 3.63) is 69.6 Å². The highest BCUT2D eigenvalue weighted by Crippen LogP contribution is 2.30. The van der Waals surface area contributed by atoms with Crippen LogP contribution in [0.15, 0.2) is 47.4 Å². The molecular weight excluding hydrogens is 332 g/mol. The lowest BCUT2D eigenvalue weighted by Crippen LogP contribution is -2.38. The smallest absolute Gasteiger partial charge is 0.311 e. The van der Waals surface area contributed by atoms with E-state index in [1.165, 1.54) is 15.5 Å². The van der Waals surface area contributed by atoms with Gasteiger partial charge >= 0.3 is 5.97 Å². The number of benzene rings is 1. The van der Waals surface area contributed by atoms with Gasteiger partial charge in [0.05, 0.1) is 12.0 Å². The van der Waals surface area contributed by atoms with Gasteiger partial charge in [0.2, 0.25) is 0 Å². The molecule has 3 rings (SSSR count). The molecule has 0 radical (unpaired) electrons. The molecule has 1 N–H and O–H groups in total. The molecule has 26 heavy (non-hydrogen) atoms. The van der Waals surface area contributed by atoms with E-state index in [0.29, 0.717) is 19.5 Å². The molecule has 0 unspecified atom stereocenters. The standard InChI is InChI=1S/C20H22N2O4/c1-14-5-3-6-15(11-14)12-21-9-4-7-16(17(21)23)18(24)22-10-8-20(2,13-22)19(25)26/h3-7,9,11H,8,10,12-13H2,1-2H3,(H,25,26)/t20-/m0/s1. The van der Waals surface area contributed by atoms with Gasteiger partial charge in [-0.1, -0.05) is 29.8 Å². The molecular formula is C20H22N2O4. The minimum Gasteiger partial charge on any atom is -0.481 e. The molecule has 2 aromatic rings. The van der Waals surface area contributed by atoms with Crippen molar-refractivity contribution in [3.8, 4) is 0 Å². The largest absolute Gasteiger partial charge is 0.481 e. The first-order chi connectivity index (χ1) is 12.3. The van der Waals surface area contributed by atoms with Gasteiger partial charge in [0, 0.05) is 19.3 Å². The first-order valence-corrected chi connectivity index (χ1v) is 8.58. The molecule has 0 aliphatic carbocycles. The van der Waals surface area contributed by atoms with Crippen LogP contribution in [0.5, 0.6) is 0 Å². The van der Waals surface area contributed by atoms with Crippen LogP contribution < -0.4 is 5.56 Å². The fraction of sp³-hybridized carbons (Fsp3) is 0.350. The second-order valence-electron chi connectivity index (χ2n) is 7.19. The molecule has 136 valence electrons. The van der Waals surface area contributed by atoms with Crippen molar-refractivity contribution < 1.29 is 14.7 Å². The summed E-state index contributed by atoms with van der Waals surface area (Å²) in [7, 11) is 0. The molecule has 0 spiro atoms. The Morgan fingerprint density at radius 1 is 1.23 bits per heavy atom. The van der Waals surface area contributed by atoms with Gasteiger partial charge in [-0.05, 0) is 38.0 Å². The molecule has 1 atom stereocenters. The minimum absolute atomic E-state index is 0.0785. The monoisotopic (exact) mass is 354 g/mol. The zero-order valence-electron chi connectivity index (χ0n) is 14.9. The quantitative estimate of drug-likeness (QED) is 0.912. The topological polar surface area (TPSA) is 79.6 Å². The summed E-state index contributed by atoms with van der Waals surface area (Å²) in [4.78, 5) is 38.3. The lowest BCUT2D eigenvalue weighted by Gasteiger charge is -2.20. The Hall–Kier alpha value is -2.89. The number of pyridine rings is 1. The number of carbonyl (C=O) groups excluding carboxylic acids is 1. The van der Waals surface area contributed by atoms with E-state index < -0.39 is 17.3 Å². The number of aryl methyl sites for hydroxylation is 1. The Bertz CT molecular complexity index is 918. The van der Waals surface area contributed by atoms with Crippen LogP contribution in [0.1, 0.15) is 34.8 Å². The average Bonchev–Trinajstić information content (AvgIpc) is 3.00. The Kier molecular flexibility index (Phi) is 4.68. The number of likely N-dealkylation sites (tertiary alicyclic amines) is 1. The van der Waals surface area contributed by atoms with Gasteiger partial charge < -0.3 is 14.6 Å². The molecule has 1 aliphatic heterocycles. The Morgan fingerprint density at radius 3 is 2.65 bits per heavy atom. The van der Waals surface area contributed by atoms with E-state index in [9.17, 15) is 19.5 Å². The van der Waals surface area contributed by atoms with Crippen LogP contribution in [0.3, 0.4) is 0 Å². The highest BCUT2D eigenvalue weighted by molar-refractivity contribution is 5.94. The van der Waals surface area contributed by atoms with Crippen molar-refractivity contribution in [1.29, 1.82) is 0 Å². The summed E-state index contributed by atoms with van der Waals surface area (Å²) >= 11 is 0. The normalized spacial score (nSPS) is 19.5. The predicted molar refractivity (Wildman–Crippen MR) is 97.2 cm³/mol. The van der Waals surface area contributed by atoms with Crippen LogP contribution in [0.4, 0.5) is 0 Å². The second kappa shape index (κ2) is 6.78. The lowest BCUT2D eigenvalue weighted by molar-refractivity contribution is -0.147. The maximum absolute atomic E-state index is 12.8. The van der Waals surface area contributed by atoms with E-state index in [0.717, 1.165) is 11.1 Å². The third-order valence-electron chi connectivity index (χ3n) is 4.96. The van der Waals surface area contributed by atoms with Crippen LogP contribution in [-0.2, 0) is 11.3 Å². The molecule has 1 aromatic heterocycles. The summed E-state index contributed by atoms with van der Waals surface area (Å²) in [6.07, 6.45) is 2.05. The summed E-state index contributed by atoms with van der Waals surface area (Å²) in [6, 6.07) is 11.0. The number of hydrogen-bond donors (Lipinski definition) is 1. The zero-order valence-corrected chi connectivity index (χ0v) is 14.9. The minimum atomic E-state index is -0.953. The van der Waals surface area contributed by atoms with Crippen LogP contribution in [0.25, 0.3) is 0 Å². The SMILES string of the molecule is Cc1cccc(Cn2cccc(C(=O)N3CC[C@](C)(C(=O)O)C3)c2=O)c1. The molecule has 0 saturated carbocycles. The first kappa shape index (κ1) is 17.9. The first-order valence-electron chi connectivity index (χ1n) is 8.58. The van der Waals surface area contributed by atoms with E-state index in [4.69, 9.17) is 0 Å². The number of carboxylic acids is 1. The van der Waals surface area contributed by atoms with Crippen molar-refractivity contribution in [2.24, 2.45) is 5.41 Å². The molecule has 0 bridgehead atoms. The Labute approximate surface area is 151 Å². The highest BCUT2D eigenvalue weighted by Gasteiger charge is 2.42. The summed E-state index contributed by atoms with van der Waals surface area (Å²) < 4.78 is 1.51. The van der Waals surface area contributed by atoms with Crippen molar-refractivity contribution in [2.45, 2.75) is 26.8 Å². The highest BCUT2D eigenvalue weighted by atomic mass is 16.4. The Balaban J connectivity index is 1.84. The molecule has 1 aromatic carbocycles. The molecule has 2 heterocycles. The van der Waals surface area contributed by atoms with Crippen molar-refractivity contribution in [1.82, 2.24) is 9.47 Å². The van der Waals surface area contributed by atoms with Gasteiger partial charge in [-0.25, -0.2) is 0 Å². The fourth-order valence-corrected chi connectivity index (χ4v) is 3.31. The summed E-state index contributed by atoms with van der Waals surface area (Å²) in [6.45, 7) is 4.46. The number of carboxylic acid groups (broad SMARTS) is 1. The van der Waals surface area contributed by atoms with Gasteiger partial charge in [-0.15, -0.1) is 0 Å². The molecule has 6 nitrogen and oxygen atoms in total. The van der Waals surface area contributed by atoms with Gasteiger partial charge in [-0.2, -0.15) is 0 Å². The number of aliphatic carboxylic acids is 1. The third-order valence-corrected chi connectivity index (χ3v) is 4.96. The predicted octanol–water partition coefficient (Wildman–Crippen LogP) is 2.14. The number of amides is 1. The number of hydrogen-bond acceptors (Lipinski definition) is 3. The zero-order chi connectivity index (χ0) is 18.9. The van der Waals surface area contributed by atoms with Gasteiger partial charge in [0.15, 0.2) is 0 Å².